The molecule has 5 nitrogen and oxygen atoms in total. The molecule has 20 heavy (non-hydrogen) atoms. The first-order chi connectivity index (χ1) is 9.37. The number of aliphatic hydroxyl groups excluding tert-OH is 1. The second kappa shape index (κ2) is 6.11. The molecule has 0 radical (unpaired) electrons. The molecule has 112 valence electrons. The summed E-state index contributed by atoms with van der Waals surface area (Å²) in [6.45, 7) is 2.56. The minimum Gasteiger partial charge on any atom is -0.392 e. The molecule has 0 aliphatic carbocycles. The van der Waals surface area contributed by atoms with Crippen LogP contribution in [0.1, 0.15) is 17.5 Å². The summed E-state index contributed by atoms with van der Waals surface area (Å²) in [5.41, 5.74) is 1.21. The zero-order valence-corrected chi connectivity index (χ0v) is 13.9. The summed E-state index contributed by atoms with van der Waals surface area (Å²) >= 11 is 3.34. The van der Waals surface area contributed by atoms with Gasteiger partial charge in [-0.05, 0) is 36.6 Å². The third kappa shape index (κ3) is 2.92. The van der Waals surface area contributed by atoms with Crippen molar-refractivity contribution in [3.63, 3.8) is 0 Å². The number of ether oxygens (including phenoxy) is 1. The van der Waals surface area contributed by atoms with Crippen LogP contribution in [-0.4, -0.2) is 44.1 Å². The molecule has 0 aromatic heterocycles. The molecule has 0 amide bonds. The van der Waals surface area contributed by atoms with E-state index in [1.807, 2.05) is 0 Å². The predicted molar refractivity (Wildman–Crippen MR) is 79.0 cm³/mol. The molecular weight excluding hydrogens is 346 g/mol. The van der Waals surface area contributed by atoms with Crippen molar-refractivity contribution in [3.8, 4) is 0 Å². The molecule has 0 spiro atoms. The molecule has 1 aliphatic heterocycles. The summed E-state index contributed by atoms with van der Waals surface area (Å²) in [4.78, 5) is 0.227. The second-order valence-electron chi connectivity index (χ2n) is 4.90. The first-order valence-corrected chi connectivity index (χ1v) is 8.57. The first-order valence-electron chi connectivity index (χ1n) is 6.33. The fourth-order valence-corrected chi connectivity index (χ4v) is 4.53. The van der Waals surface area contributed by atoms with Crippen LogP contribution in [0.2, 0.25) is 0 Å². The molecule has 1 unspecified atom stereocenters. The highest BCUT2D eigenvalue weighted by Gasteiger charge is 2.32. The van der Waals surface area contributed by atoms with E-state index in [0.717, 1.165) is 0 Å². The molecule has 0 bridgehead atoms. The lowest BCUT2D eigenvalue weighted by molar-refractivity contribution is 0.181. The minimum atomic E-state index is -3.60. The number of hydrogen-bond acceptors (Lipinski definition) is 4. The van der Waals surface area contributed by atoms with Crippen LogP contribution in [0.15, 0.2) is 21.5 Å². The second-order valence-corrected chi connectivity index (χ2v) is 7.72. The fourth-order valence-electron chi connectivity index (χ4n) is 2.23. The first kappa shape index (κ1) is 15.9. The molecule has 1 aromatic rings. The predicted octanol–water partition coefficient (Wildman–Crippen LogP) is 1.66. The molecule has 1 N–H and O–H groups in total. The van der Waals surface area contributed by atoms with E-state index in [2.05, 4.69) is 15.9 Å². The van der Waals surface area contributed by atoms with Crippen LogP contribution in [-0.2, 0) is 21.4 Å². The van der Waals surface area contributed by atoms with Crippen molar-refractivity contribution in [3.05, 3.63) is 27.7 Å². The van der Waals surface area contributed by atoms with Crippen LogP contribution < -0.4 is 0 Å². The van der Waals surface area contributed by atoms with Crippen molar-refractivity contribution in [2.24, 2.45) is 0 Å². The smallest absolute Gasteiger partial charge is 0.243 e. The summed E-state index contributed by atoms with van der Waals surface area (Å²) in [6, 6.07) is 3.13. The lowest BCUT2D eigenvalue weighted by Gasteiger charge is -2.24. The van der Waals surface area contributed by atoms with E-state index in [1.54, 1.807) is 20.0 Å². The molecule has 1 aromatic carbocycles. The monoisotopic (exact) mass is 363 g/mol. The van der Waals surface area contributed by atoms with Gasteiger partial charge in [0.1, 0.15) is 0 Å². The van der Waals surface area contributed by atoms with Crippen LogP contribution in [0.25, 0.3) is 0 Å². The highest BCUT2D eigenvalue weighted by molar-refractivity contribution is 9.10. The standard InChI is InChI=1S/C13H18BrNO4S/c1-9-12(14)5-10(7-16)6-13(9)20(17,18)15(2)11-3-4-19-8-11/h5-6,11,16H,3-4,7-8H2,1-2H3. The molecule has 0 saturated carbocycles. The molecule has 7 heteroatoms. The number of rotatable bonds is 4. The van der Waals surface area contributed by atoms with Gasteiger partial charge in [-0.3, -0.25) is 0 Å². The summed E-state index contributed by atoms with van der Waals surface area (Å²) < 4.78 is 32.8. The molecule has 1 saturated heterocycles. The van der Waals surface area contributed by atoms with Gasteiger partial charge in [-0.1, -0.05) is 15.9 Å². The van der Waals surface area contributed by atoms with Crippen molar-refractivity contribution in [1.29, 1.82) is 0 Å². The van der Waals surface area contributed by atoms with Gasteiger partial charge in [-0.15, -0.1) is 0 Å². The van der Waals surface area contributed by atoms with E-state index in [0.29, 0.717) is 35.2 Å². The van der Waals surface area contributed by atoms with Crippen LogP contribution in [0.5, 0.6) is 0 Å². The summed E-state index contributed by atoms with van der Waals surface area (Å²) in [6.07, 6.45) is 0.704. The van der Waals surface area contributed by atoms with Crippen molar-refractivity contribution in [2.75, 3.05) is 20.3 Å². The Morgan fingerprint density at radius 3 is 2.75 bits per heavy atom. The van der Waals surface area contributed by atoms with Gasteiger partial charge in [-0.25, -0.2) is 8.42 Å². The maximum Gasteiger partial charge on any atom is 0.243 e. The van der Waals surface area contributed by atoms with Crippen molar-refractivity contribution >= 4 is 26.0 Å². The Kier molecular flexibility index (Phi) is 4.86. The molecule has 1 aliphatic rings. The van der Waals surface area contributed by atoms with Gasteiger partial charge in [0.25, 0.3) is 0 Å². The lowest BCUT2D eigenvalue weighted by Crippen LogP contribution is -2.37. The number of halogens is 1. The van der Waals surface area contributed by atoms with Crippen molar-refractivity contribution in [2.45, 2.75) is 30.9 Å². The normalized spacial score (nSPS) is 19.8. The van der Waals surface area contributed by atoms with E-state index < -0.39 is 10.0 Å². The molecule has 1 fully saturated rings. The number of likely N-dealkylation sites (N-methyl/N-ethyl adjacent to an activating group) is 1. The molecule has 2 rings (SSSR count). The average molecular weight is 364 g/mol. The Hall–Kier alpha value is -0.470. The van der Waals surface area contributed by atoms with Crippen molar-refractivity contribution in [1.82, 2.24) is 4.31 Å². The van der Waals surface area contributed by atoms with Gasteiger partial charge < -0.3 is 9.84 Å². The third-order valence-corrected chi connectivity index (χ3v) is 6.48. The quantitative estimate of drug-likeness (QED) is 0.883. The van der Waals surface area contributed by atoms with E-state index >= 15 is 0 Å². The fraction of sp³-hybridized carbons (Fsp3) is 0.538. The van der Waals surface area contributed by atoms with Crippen LogP contribution in [0, 0.1) is 6.92 Å². The number of aliphatic hydroxyl groups is 1. The van der Waals surface area contributed by atoms with Gasteiger partial charge >= 0.3 is 0 Å². The molecule has 1 heterocycles. The summed E-state index contributed by atoms with van der Waals surface area (Å²) in [7, 11) is -2.02. The topological polar surface area (TPSA) is 66.8 Å². The number of hydrogen-bond donors (Lipinski definition) is 1. The van der Waals surface area contributed by atoms with Gasteiger partial charge in [0.2, 0.25) is 10.0 Å². The number of benzene rings is 1. The highest BCUT2D eigenvalue weighted by atomic mass is 79.9. The number of nitrogens with zero attached hydrogens (tertiary/aromatic N) is 1. The van der Waals surface area contributed by atoms with Crippen LogP contribution in [0.4, 0.5) is 0 Å². The third-order valence-electron chi connectivity index (χ3n) is 3.62. The highest BCUT2D eigenvalue weighted by Crippen LogP contribution is 2.29. The van der Waals surface area contributed by atoms with Crippen LogP contribution in [0.3, 0.4) is 0 Å². The Morgan fingerprint density at radius 1 is 1.50 bits per heavy atom. The summed E-state index contributed by atoms with van der Waals surface area (Å²) in [5.74, 6) is 0. The van der Waals surface area contributed by atoms with E-state index in [1.165, 1.54) is 10.4 Å². The van der Waals surface area contributed by atoms with Gasteiger partial charge in [0, 0.05) is 18.1 Å². The zero-order valence-electron chi connectivity index (χ0n) is 11.5. The van der Waals surface area contributed by atoms with Gasteiger partial charge in [0.05, 0.1) is 24.2 Å². The van der Waals surface area contributed by atoms with Gasteiger partial charge in [-0.2, -0.15) is 4.31 Å². The van der Waals surface area contributed by atoms with Gasteiger partial charge in [0.15, 0.2) is 0 Å². The van der Waals surface area contributed by atoms with Crippen LogP contribution >= 0.6 is 15.9 Å². The van der Waals surface area contributed by atoms with E-state index in [-0.39, 0.29) is 17.5 Å². The Morgan fingerprint density at radius 2 is 2.20 bits per heavy atom. The summed E-state index contributed by atoms with van der Waals surface area (Å²) in [5, 5.41) is 9.24. The molecular formula is C13H18BrNO4S. The maximum atomic E-state index is 12.7. The maximum absolute atomic E-state index is 12.7. The van der Waals surface area contributed by atoms with E-state index in [4.69, 9.17) is 4.74 Å². The minimum absolute atomic E-state index is 0.129. The lowest BCUT2D eigenvalue weighted by atomic mass is 10.2. The Labute approximate surface area is 127 Å². The Bertz CT molecular complexity index is 597. The SMILES string of the molecule is Cc1c(Br)cc(CO)cc1S(=O)(=O)N(C)C1CCOC1. The van der Waals surface area contributed by atoms with E-state index in [9.17, 15) is 13.5 Å². The Balaban J connectivity index is 2.45. The number of sulfonamides is 1. The molecule has 1 atom stereocenters. The largest absolute Gasteiger partial charge is 0.392 e. The zero-order chi connectivity index (χ0) is 14.9. The average Bonchev–Trinajstić information content (AvgIpc) is 2.94. The van der Waals surface area contributed by atoms with Crippen molar-refractivity contribution < 1.29 is 18.3 Å².